The van der Waals surface area contributed by atoms with E-state index in [2.05, 4.69) is 38.7 Å². The molecular weight excluding hydrogens is 468 g/mol. The fourth-order valence-corrected chi connectivity index (χ4v) is 5.27. The van der Waals surface area contributed by atoms with Crippen LogP contribution >= 0.6 is 0 Å². The predicted molar refractivity (Wildman–Crippen MR) is 132 cm³/mol. The molecular formula is C24H31N6O4S. The fourth-order valence-electron chi connectivity index (χ4n) is 4.88. The summed E-state index contributed by atoms with van der Waals surface area (Å²) >= 11 is 0. The van der Waals surface area contributed by atoms with Crippen molar-refractivity contribution in [2.45, 2.75) is 13.3 Å². The van der Waals surface area contributed by atoms with Gasteiger partial charge in [-0.3, -0.25) is 9.59 Å². The lowest BCUT2D eigenvalue weighted by atomic mass is 10.0. The van der Waals surface area contributed by atoms with E-state index in [-0.39, 0.29) is 28.8 Å². The van der Waals surface area contributed by atoms with Gasteiger partial charge in [0.2, 0.25) is 5.95 Å². The number of aromatic nitrogens is 2. The number of rotatable bonds is 9. The molecule has 2 aliphatic heterocycles. The van der Waals surface area contributed by atoms with E-state index in [0.29, 0.717) is 24.9 Å². The van der Waals surface area contributed by atoms with Crippen molar-refractivity contribution in [3.63, 3.8) is 0 Å². The van der Waals surface area contributed by atoms with Gasteiger partial charge in [-0.25, -0.2) is 18.4 Å². The van der Waals surface area contributed by atoms with E-state index in [1.807, 2.05) is 18.2 Å². The molecule has 11 heteroatoms. The first-order valence-corrected chi connectivity index (χ1v) is 13.7. The van der Waals surface area contributed by atoms with Crippen LogP contribution in [-0.4, -0.2) is 84.9 Å². The molecule has 35 heavy (non-hydrogen) atoms. The van der Waals surface area contributed by atoms with Gasteiger partial charge in [0, 0.05) is 32.4 Å². The molecule has 1 unspecified atom stereocenters. The SMILES string of the molecule is Cc1nc(NCS(C)(=O)=O)nc(C(N)=O)c1C(=O)N1CC2CN(CC[CH]c3ccccc3)C[C@H]2C1. The van der Waals surface area contributed by atoms with Crippen LogP contribution in [0.1, 0.15) is 38.5 Å². The second kappa shape index (κ2) is 10.3. The number of hydrogen-bond acceptors (Lipinski definition) is 8. The van der Waals surface area contributed by atoms with E-state index in [1.54, 1.807) is 11.8 Å². The maximum absolute atomic E-state index is 13.4. The summed E-state index contributed by atoms with van der Waals surface area (Å²) in [6, 6.07) is 10.3. The monoisotopic (exact) mass is 499 g/mol. The Bertz CT molecular complexity index is 1190. The highest BCUT2D eigenvalue weighted by Gasteiger charge is 2.42. The second-order valence-corrected chi connectivity index (χ2v) is 11.5. The summed E-state index contributed by atoms with van der Waals surface area (Å²) < 4.78 is 22.8. The van der Waals surface area contributed by atoms with Crippen LogP contribution in [-0.2, 0) is 9.84 Å². The molecule has 3 heterocycles. The van der Waals surface area contributed by atoms with Crippen molar-refractivity contribution in [3.05, 3.63) is 59.3 Å². The van der Waals surface area contributed by atoms with Gasteiger partial charge in [-0.1, -0.05) is 30.3 Å². The lowest BCUT2D eigenvalue weighted by Gasteiger charge is -2.23. The highest BCUT2D eigenvalue weighted by molar-refractivity contribution is 7.90. The minimum atomic E-state index is -3.33. The van der Waals surface area contributed by atoms with Gasteiger partial charge in [-0.15, -0.1) is 0 Å². The highest BCUT2D eigenvalue weighted by atomic mass is 32.2. The van der Waals surface area contributed by atoms with Gasteiger partial charge >= 0.3 is 0 Å². The van der Waals surface area contributed by atoms with E-state index < -0.39 is 21.6 Å². The maximum Gasteiger partial charge on any atom is 0.268 e. The summed E-state index contributed by atoms with van der Waals surface area (Å²) in [5.41, 5.74) is 6.90. The first kappa shape index (κ1) is 25.1. The average molecular weight is 500 g/mol. The Hall–Kier alpha value is -3.05. The van der Waals surface area contributed by atoms with E-state index >= 15 is 0 Å². The first-order chi connectivity index (χ1) is 16.6. The van der Waals surface area contributed by atoms with Gasteiger partial charge in [0.05, 0.1) is 11.3 Å². The van der Waals surface area contributed by atoms with Crippen LogP contribution in [0.25, 0.3) is 0 Å². The number of amides is 2. The van der Waals surface area contributed by atoms with Crippen molar-refractivity contribution in [3.8, 4) is 0 Å². The summed E-state index contributed by atoms with van der Waals surface area (Å²) in [4.78, 5) is 37.9. The van der Waals surface area contributed by atoms with Gasteiger partial charge in [-0.2, -0.15) is 0 Å². The number of carbonyl (C=O) groups is 2. The number of nitrogens with zero attached hydrogens (tertiary/aromatic N) is 4. The molecule has 2 atom stereocenters. The third-order valence-corrected chi connectivity index (χ3v) is 7.17. The van der Waals surface area contributed by atoms with Crippen molar-refractivity contribution in [2.24, 2.45) is 17.6 Å². The smallest absolute Gasteiger partial charge is 0.268 e. The quantitative estimate of drug-likeness (QED) is 0.520. The molecule has 2 aliphatic rings. The van der Waals surface area contributed by atoms with Crippen molar-refractivity contribution >= 4 is 27.6 Å². The van der Waals surface area contributed by atoms with Crippen LogP contribution in [0.2, 0.25) is 0 Å². The van der Waals surface area contributed by atoms with Gasteiger partial charge < -0.3 is 20.9 Å². The number of likely N-dealkylation sites (tertiary alicyclic amines) is 2. The molecule has 187 valence electrons. The minimum Gasteiger partial charge on any atom is -0.364 e. The summed E-state index contributed by atoms with van der Waals surface area (Å²) in [5.74, 6) is -0.868. The Balaban J connectivity index is 1.37. The lowest BCUT2D eigenvalue weighted by Crippen LogP contribution is -2.36. The molecule has 4 rings (SSSR count). The Morgan fingerprint density at radius 3 is 2.37 bits per heavy atom. The predicted octanol–water partition coefficient (Wildman–Crippen LogP) is 0.944. The number of hydrogen-bond donors (Lipinski definition) is 2. The average Bonchev–Trinajstić information content (AvgIpc) is 3.36. The molecule has 2 fully saturated rings. The summed E-state index contributed by atoms with van der Waals surface area (Å²) in [6.07, 6.45) is 4.28. The van der Waals surface area contributed by atoms with Crippen LogP contribution in [0.15, 0.2) is 30.3 Å². The molecule has 3 N–H and O–H groups in total. The first-order valence-electron chi connectivity index (χ1n) is 11.6. The number of primary amides is 1. The molecule has 1 aromatic heterocycles. The third-order valence-electron chi connectivity index (χ3n) is 6.50. The zero-order valence-corrected chi connectivity index (χ0v) is 20.8. The number of nitrogens with two attached hydrogens (primary N) is 1. The van der Waals surface area contributed by atoms with E-state index in [9.17, 15) is 18.0 Å². The van der Waals surface area contributed by atoms with Gasteiger partial charge in [0.1, 0.15) is 11.6 Å². The van der Waals surface area contributed by atoms with E-state index in [4.69, 9.17) is 5.73 Å². The number of benzene rings is 1. The minimum absolute atomic E-state index is 0.0560. The summed E-state index contributed by atoms with van der Waals surface area (Å²) in [7, 11) is -3.33. The number of aryl methyl sites for hydroxylation is 1. The molecule has 0 bridgehead atoms. The van der Waals surface area contributed by atoms with Gasteiger partial charge in [0.25, 0.3) is 11.8 Å². The van der Waals surface area contributed by atoms with E-state index in [0.717, 1.165) is 32.3 Å². The Morgan fingerprint density at radius 2 is 1.77 bits per heavy atom. The van der Waals surface area contributed by atoms with Crippen molar-refractivity contribution < 1.29 is 18.0 Å². The van der Waals surface area contributed by atoms with Crippen LogP contribution < -0.4 is 11.1 Å². The van der Waals surface area contributed by atoms with Crippen molar-refractivity contribution in [2.75, 3.05) is 50.2 Å². The number of fused-ring (bicyclic) bond motifs is 1. The van der Waals surface area contributed by atoms with E-state index in [1.165, 1.54) is 5.56 Å². The molecule has 1 aromatic carbocycles. The van der Waals surface area contributed by atoms with Crippen molar-refractivity contribution in [1.82, 2.24) is 19.8 Å². The molecule has 0 aliphatic carbocycles. The third kappa shape index (κ3) is 6.15. The maximum atomic E-state index is 13.4. The number of sulfone groups is 1. The van der Waals surface area contributed by atoms with Crippen LogP contribution in [0, 0.1) is 25.2 Å². The topological polar surface area (TPSA) is 139 Å². The Kier molecular flexibility index (Phi) is 7.36. The van der Waals surface area contributed by atoms with Crippen molar-refractivity contribution in [1.29, 1.82) is 0 Å². The van der Waals surface area contributed by atoms with Crippen LogP contribution in [0.5, 0.6) is 0 Å². The van der Waals surface area contributed by atoms with Gasteiger partial charge in [-0.05, 0) is 43.7 Å². The molecule has 1 radical (unpaired) electrons. The lowest BCUT2D eigenvalue weighted by molar-refractivity contribution is 0.0766. The molecule has 2 aromatic rings. The molecule has 2 saturated heterocycles. The zero-order chi connectivity index (χ0) is 25.2. The normalized spacial score (nSPS) is 20.1. The molecule has 0 spiro atoms. The zero-order valence-electron chi connectivity index (χ0n) is 20.0. The largest absolute Gasteiger partial charge is 0.364 e. The molecule has 0 saturated carbocycles. The molecule has 2 amide bonds. The number of carbonyl (C=O) groups excluding carboxylic acids is 2. The van der Waals surface area contributed by atoms with Crippen LogP contribution in [0.3, 0.4) is 0 Å². The standard InChI is InChI=1S/C24H31N6O4S/c1-16-20(21(22(25)31)28-24(27-16)26-15-35(2,33)34)23(32)30-13-18-11-29(12-19(18)14-30)10-6-9-17-7-4-3-5-8-17/h3-5,7-9,18-19H,6,10-15H2,1-2H3,(H2,25,31)(H,26,27,28)/t18-,19?/m0/s1. The second-order valence-electron chi connectivity index (χ2n) is 9.36. The highest BCUT2D eigenvalue weighted by Crippen LogP contribution is 2.32. The molecule has 10 nitrogen and oxygen atoms in total. The van der Waals surface area contributed by atoms with Crippen LogP contribution in [0.4, 0.5) is 5.95 Å². The summed E-state index contributed by atoms with van der Waals surface area (Å²) in [6.45, 7) is 5.65. The summed E-state index contributed by atoms with van der Waals surface area (Å²) in [5, 5.41) is 2.57. The fraction of sp³-hybridized carbons (Fsp3) is 0.458. The van der Waals surface area contributed by atoms with Gasteiger partial charge in [0.15, 0.2) is 9.84 Å². The number of anilines is 1. The Morgan fingerprint density at radius 1 is 1.11 bits per heavy atom. The number of nitrogens with one attached hydrogen (secondary N) is 1. The Labute approximate surface area is 205 Å².